The molecule has 0 aliphatic heterocycles. The number of hydrogen-bond donors (Lipinski definition) is 0. The van der Waals surface area contributed by atoms with Crippen LogP contribution >= 0.6 is 12.6 Å². The lowest BCUT2D eigenvalue weighted by Crippen LogP contribution is -2.04. The number of hydrogen-bond acceptors (Lipinski definition) is 2. The summed E-state index contributed by atoms with van der Waals surface area (Å²) in [6, 6.07) is 0. The molecular formula is C8H17O2S. The Morgan fingerprint density at radius 1 is 1.00 bits per heavy atom. The number of ether oxygens (including phenoxy) is 2. The van der Waals surface area contributed by atoms with E-state index in [1.807, 2.05) is 6.92 Å². The average molecular weight is 177 g/mol. The molecule has 0 atom stereocenters. The van der Waals surface area contributed by atoms with Crippen molar-refractivity contribution in [2.45, 2.75) is 19.8 Å². The van der Waals surface area contributed by atoms with E-state index in [-0.39, 0.29) is 0 Å². The van der Waals surface area contributed by atoms with Crippen molar-refractivity contribution in [1.29, 1.82) is 0 Å². The average Bonchev–Trinajstić information content (AvgIpc) is 2.03. The predicted octanol–water partition coefficient (Wildman–Crippen LogP) is 2.02. The molecule has 0 saturated carbocycles. The summed E-state index contributed by atoms with van der Waals surface area (Å²) in [5.74, 6) is 0.842. The highest BCUT2D eigenvalue weighted by Crippen LogP contribution is 1.91. The fraction of sp³-hybridized carbons (Fsp3) is 1.00. The Morgan fingerprint density at radius 3 is 2.36 bits per heavy atom. The molecule has 2 nitrogen and oxygen atoms in total. The summed E-state index contributed by atoms with van der Waals surface area (Å²) >= 11 is 4.79. The highest BCUT2D eigenvalue weighted by Gasteiger charge is 1.88. The molecule has 3 heteroatoms. The molecule has 0 rings (SSSR count). The van der Waals surface area contributed by atoms with Crippen molar-refractivity contribution in [2.24, 2.45) is 0 Å². The Hall–Kier alpha value is 0.270. The van der Waals surface area contributed by atoms with Gasteiger partial charge in [-0.15, -0.1) is 0 Å². The third-order valence-corrected chi connectivity index (χ3v) is 1.55. The van der Waals surface area contributed by atoms with E-state index in [1.165, 1.54) is 0 Å². The Morgan fingerprint density at radius 2 is 1.73 bits per heavy atom. The third kappa shape index (κ3) is 10.3. The summed E-state index contributed by atoms with van der Waals surface area (Å²) in [6.07, 6.45) is 2.17. The van der Waals surface area contributed by atoms with E-state index in [2.05, 4.69) is 0 Å². The van der Waals surface area contributed by atoms with Gasteiger partial charge in [-0.25, -0.2) is 0 Å². The van der Waals surface area contributed by atoms with Gasteiger partial charge in [0, 0.05) is 19.0 Å². The van der Waals surface area contributed by atoms with Gasteiger partial charge in [-0.05, 0) is 19.8 Å². The molecule has 0 fully saturated rings. The van der Waals surface area contributed by atoms with E-state index in [4.69, 9.17) is 22.1 Å². The standard InChI is InChI=1S/C8H17O2S/c1-2-9-6-7-10-5-3-4-8-11/h2-8H2,1H3. The molecule has 67 valence electrons. The minimum Gasteiger partial charge on any atom is -0.379 e. The molecule has 1 radical (unpaired) electrons. The Balaban J connectivity index is 2.69. The summed E-state index contributed by atoms with van der Waals surface area (Å²) in [5, 5.41) is 0. The van der Waals surface area contributed by atoms with Crippen molar-refractivity contribution in [3.05, 3.63) is 0 Å². The lowest BCUT2D eigenvalue weighted by atomic mass is 10.4. The summed E-state index contributed by atoms with van der Waals surface area (Å²) in [6.45, 7) is 5.01. The summed E-state index contributed by atoms with van der Waals surface area (Å²) in [7, 11) is 0. The molecule has 11 heavy (non-hydrogen) atoms. The van der Waals surface area contributed by atoms with Crippen molar-refractivity contribution in [1.82, 2.24) is 0 Å². The van der Waals surface area contributed by atoms with Gasteiger partial charge in [-0.3, -0.25) is 0 Å². The van der Waals surface area contributed by atoms with Crippen LogP contribution in [0, 0.1) is 0 Å². The Labute approximate surface area is 74.7 Å². The van der Waals surface area contributed by atoms with Crippen molar-refractivity contribution in [2.75, 3.05) is 32.2 Å². The van der Waals surface area contributed by atoms with Crippen molar-refractivity contribution < 1.29 is 9.47 Å². The monoisotopic (exact) mass is 177 g/mol. The van der Waals surface area contributed by atoms with Crippen LogP contribution in [0.2, 0.25) is 0 Å². The van der Waals surface area contributed by atoms with Gasteiger partial charge in [0.15, 0.2) is 0 Å². The number of rotatable bonds is 8. The Kier molecular flexibility index (Phi) is 10.5. The first-order chi connectivity index (χ1) is 5.41. The van der Waals surface area contributed by atoms with Gasteiger partial charge < -0.3 is 9.47 Å². The quantitative estimate of drug-likeness (QED) is 0.528. The maximum atomic E-state index is 5.27. The van der Waals surface area contributed by atoms with Gasteiger partial charge in [0.25, 0.3) is 0 Å². The van der Waals surface area contributed by atoms with Crippen LogP contribution in [0.1, 0.15) is 19.8 Å². The SMILES string of the molecule is CCOCCOCCCC[S]. The smallest absolute Gasteiger partial charge is 0.0700 e. The third-order valence-electron chi connectivity index (χ3n) is 1.26. The topological polar surface area (TPSA) is 18.5 Å². The highest BCUT2D eigenvalue weighted by atomic mass is 32.1. The first kappa shape index (κ1) is 11.3. The zero-order valence-electron chi connectivity index (χ0n) is 7.17. The fourth-order valence-corrected chi connectivity index (χ4v) is 0.875. The zero-order valence-corrected chi connectivity index (χ0v) is 7.99. The normalized spacial score (nSPS) is 10.4. The van der Waals surface area contributed by atoms with Crippen LogP contribution in [0.15, 0.2) is 0 Å². The zero-order chi connectivity index (χ0) is 8.36. The second-order valence-electron chi connectivity index (χ2n) is 2.22. The molecule has 0 aliphatic carbocycles. The van der Waals surface area contributed by atoms with Gasteiger partial charge in [0.1, 0.15) is 0 Å². The predicted molar refractivity (Wildman–Crippen MR) is 49.0 cm³/mol. The van der Waals surface area contributed by atoms with Gasteiger partial charge >= 0.3 is 0 Å². The highest BCUT2D eigenvalue weighted by molar-refractivity contribution is 7.80. The number of unbranched alkanes of at least 4 members (excludes halogenated alkanes) is 1. The maximum absolute atomic E-state index is 5.27. The lowest BCUT2D eigenvalue weighted by molar-refractivity contribution is 0.0518. The Bertz CT molecular complexity index is 61.1. The minimum atomic E-state index is 0.713. The van der Waals surface area contributed by atoms with E-state index < -0.39 is 0 Å². The molecule has 0 aromatic rings. The van der Waals surface area contributed by atoms with Gasteiger partial charge in [-0.1, -0.05) is 12.6 Å². The summed E-state index contributed by atoms with van der Waals surface area (Å²) in [4.78, 5) is 0. The lowest BCUT2D eigenvalue weighted by Gasteiger charge is -2.02. The fourth-order valence-electron chi connectivity index (χ4n) is 0.670. The molecule has 0 aromatic heterocycles. The first-order valence-corrected chi connectivity index (χ1v) is 4.73. The molecule has 0 aromatic carbocycles. The summed E-state index contributed by atoms with van der Waals surface area (Å²) < 4.78 is 10.4. The molecule has 0 unspecified atom stereocenters. The van der Waals surface area contributed by atoms with E-state index >= 15 is 0 Å². The van der Waals surface area contributed by atoms with Crippen LogP contribution in [0.5, 0.6) is 0 Å². The van der Waals surface area contributed by atoms with Crippen LogP contribution in [0.3, 0.4) is 0 Å². The van der Waals surface area contributed by atoms with Gasteiger partial charge in [-0.2, -0.15) is 0 Å². The van der Waals surface area contributed by atoms with Crippen molar-refractivity contribution >= 4 is 12.6 Å². The van der Waals surface area contributed by atoms with Crippen LogP contribution in [-0.2, 0) is 9.47 Å². The second kappa shape index (κ2) is 10.3. The van der Waals surface area contributed by atoms with E-state index in [9.17, 15) is 0 Å². The first-order valence-electron chi connectivity index (χ1n) is 4.15. The van der Waals surface area contributed by atoms with Crippen LogP contribution in [-0.4, -0.2) is 32.2 Å². The van der Waals surface area contributed by atoms with Crippen molar-refractivity contribution in [3.8, 4) is 0 Å². The van der Waals surface area contributed by atoms with Crippen molar-refractivity contribution in [3.63, 3.8) is 0 Å². The molecule has 0 bridgehead atoms. The molecular weight excluding hydrogens is 160 g/mol. The molecule has 0 heterocycles. The van der Waals surface area contributed by atoms with E-state index in [0.29, 0.717) is 13.2 Å². The van der Waals surface area contributed by atoms with Crippen LogP contribution < -0.4 is 0 Å². The second-order valence-corrected chi connectivity index (χ2v) is 2.63. The van der Waals surface area contributed by atoms with Crippen LogP contribution in [0.4, 0.5) is 0 Å². The molecule has 0 N–H and O–H groups in total. The molecule has 0 aliphatic rings. The minimum absolute atomic E-state index is 0.713. The maximum Gasteiger partial charge on any atom is 0.0700 e. The summed E-state index contributed by atoms with van der Waals surface area (Å²) in [5.41, 5.74) is 0. The van der Waals surface area contributed by atoms with E-state index in [0.717, 1.165) is 31.8 Å². The van der Waals surface area contributed by atoms with Gasteiger partial charge in [0.05, 0.1) is 13.2 Å². The largest absolute Gasteiger partial charge is 0.379 e. The van der Waals surface area contributed by atoms with E-state index in [1.54, 1.807) is 0 Å². The molecule has 0 saturated heterocycles. The molecule has 0 spiro atoms. The van der Waals surface area contributed by atoms with Crippen LogP contribution in [0.25, 0.3) is 0 Å². The molecule has 0 amide bonds. The van der Waals surface area contributed by atoms with Gasteiger partial charge in [0.2, 0.25) is 0 Å².